The van der Waals surface area contributed by atoms with Crippen molar-refractivity contribution in [2.75, 3.05) is 23.0 Å². The maximum atomic E-state index is 11.3. The van der Waals surface area contributed by atoms with Crippen molar-refractivity contribution < 1.29 is 9.53 Å². The van der Waals surface area contributed by atoms with Crippen LogP contribution < -0.4 is 10.6 Å². The topological polar surface area (TPSA) is 50.4 Å². The molecule has 1 aliphatic heterocycles. The van der Waals surface area contributed by atoms with E-state index in [4.69, 9.17) is 4.74 Å². The number of amides is 1. The first-order valence-corrected chi connectivity index (χ1v) is 7.66. The summed E-state index contributed by atoms with van der Waals surface area (Å²) in [5.74, 6) is 1.22. The highest BCUT2D eigenvalue weighted by molar-refractivity contribution is 8.00. The van der Waals surface area contributed by atoms with Gasteiger partial charge in [-0.25, -0.2) is 4.79 Å². The minimum atomic E-state index is -0.413. The van der Waals surface area contributed by atoms with Crippen molar-refractivity contribution in [1.29, 1.82) is 0 Å². The van der Waals surface area contributed by atoms with Gasteiger partial charge in [0, 0.05) is 22.7 Å². The molecule has 5 heteroatoms. The van der Waals surface area contributed by atoms with Crippen molar-refractivity contribution in [3.63, 3.8) is 0 Å². The highest BCUT2D eigenvalue weighted by Crippen LogP contribution is 2.29. The molecule has 0 spiro atoms. The van der Waals surface area contributed by atoms with Crippen molar-refractivity contribution in [3.05, 3.63) is 24.3 Å². The molecule has 19 heavy (non-hydrogen) atoms. The van der Waals surface area contributed by atoms with E-state index < -0.39 is 6.09 Å². The molecule has 0 aromatic heterocycles. The average molecular weight is 280 g/mol. The average Bonchev–Trinajstić information content (AvgIpc) is 2.78. The summed E-state index contributed by atoms with van der Waals surface area (Å²) in [5.41, 5.74) is 1.84. The van der Waals surface area contributed by atoms with Crippen LogP contribution in [-0.4, -0.2) is 29.7 Å². The SMILES string of the molecule is CCOC(=O)Nc1ccc(NC2CCSC2C)cc1. The van der Waals surface area contributed by atoms with Gasteiger partial charge >= 0.3 is 6.09 Å². The zero-order valence-corrected chi connectivity index (χ0v) is 12.1. The maximum Gasteiger partial charge on any atom is 0.411 e. The van der Waals surface area contributed by atoms with E-state index in [2.05, 4.69) is 17.6 Å². The van der Waals surface area contributed by atoms with Crippen LogP contribution >= 0.6 is 11.8 Å². The van der Waals surface area contributed by atoms with Crippen molar-refractivity contribution in [2.45, 2.75) is 31.6 Å². The Bertz CT molecular complexity index is 422. The Hall–Kier alpha value is -1.36. The van der Waals surface area contributed by atoms with Crippen LogP contribution in [0.3, 0.4) is 0 Å². The number of hydrogen-bond donors (Lipinski definition) is 2. The van der Waals surface area contributed by atoms with Gasteiger partial charge in [0.1, 0.15) is 0 Å². The fraction of sp³-hybridized carbons (Fsp3) is 0.500. The van der Waals surface area contributed by atoms with Gasteiger partial charge in [-0.05, 0) is 43.4 Å². The fourth-order valence-corrected chi connectivity index (χ4v) is 3.27. The van der Waals surface area contributed by atoms with Gasteiger partial charge in [0.25, 0.3) is 0 Å². The predicted octanol–water partition coefficient (Wildman–Crippen LogP) is 3.56. The summed E-state index contributed by atoms with van der Waals surface area (Å²) < 4.78 is 4.83. The molecule has 0 radical (unpaired) electrons. The first kappa shape index (κ1) is 14.1. The molecule has 1 aliphatic rings. The molecule has 2 N–H and O–H groups in total. The van der Waals surface area contributed by atoms with Crippen molar-refractivity contribution in [2.24, 2.45) is 0 Å². The summed E-state index contributed by atoms with van der Waals surface area (Å²) in [4.78, 5) is 11.3. The summed E-state index contributed by atoms with van der Waals surface area (Å²) in [7, 11) is 0. The quantitative estimate of drug-likeness (QED) is 0.885. The Morgan fingerprint density at radius 1 is 1.37 bits per heavy atom. The van der Waals surface area contributed by atoms with Crippen LogP contribution in [0.2, 0.25) is 0 Å². The number of anilines is 2. The van der Waals surface area contributed by atoms with E-state index in [-0.39, 0.29) is 0 Å². The molecule has 1 saturated heterocycles. The third kappa shape index (κ3) is 4.06. The van der Waals surface area contributed by atoms with Gasteiger partial charge in [0.05, 0.1) is 6.61 Å². The number of rotatable bonds is 4. The Morgan fingerprint density at radius 2 is 2.05 bits per heavy atom. The lowest BCUT2D eigenvalue weighted by atomic mass is 10.1. The normalized spacial score (nSPS) is 22.0. The van der Waals surface area contributed by atoms with Gasteiger partial charge in [-0.3, -0.25) is 5.32 Å². The van der Waals surface area contributed by atoms with Gasteiger partial charge in [-0.2, -0.15) is 11.8 Å². The molecule has 0 saturated carbocycles. The molecule has 2 atom stereocenters. The second-order valence-corrected chi connectivity index (χ2v) is 6.02. The van der Waals surface area contributed by atoms with Crippen molar-refractivity contribution >= 4 is 29.2 Å². The summed E-state index contributed by atoms with van der Waals surface area (Å²) >= 11 is 2.01. The Labute approximate surface area is 118 Å². The molecule has 2 rings (SSSR count). The van der Waals surface area contributed by atoms with E-state index in [1.807, 2.05) is 36.0 Å². The molecule has 2 unspecified atom stereocenters. The number of thioether (sulfide) groups is 1. The van der Waals surface area contributed by atoms with Crippen LogP contribution in [-0.2, 0) is 4.74 Å². The molecule has 1 aromatic carbocycles. The van der Waals surface area contributed by atoms with E-state index in [0.717, 1.165) is 11.4 Å². The number of benzene rings is 1. The fourth-order valence-electron chi connectivity index (χ4n) is 2.07. The van der Waals surface area contributed by atoms with Gasteiger partial charge in [0.2, 0.25) is 0 Å². The van der Waals surface area contributed by atoms with E-state index in [1.54, 1.807) is 6.92 Å². The first-order chi connectivity index (χ1) is 9.19. The lowest BCUT2D eigenvalue weighted by molar-refractivity contribution is 0.168. The predicted molar refractivity (Wildman–Crippen MR) is 81.0 cm³/mol. The lowest BCUT2D eigenvalue weighted by Gasteiger charge is -2.18. The second-order valence-electron chi connectivity index (χ2n) is 4.54. The van der Waals surface area contributed by atoms with Crippen LogP contribution in [0.25, 0.3) is 0 Å². The van der Waals surface area contributed by atoms with Gasteiger partial charge < -0.3 is 10.1 Å². The molecular formula is C14H20N2O2S. The van der Waals surface area contributed by atoms with Gasteiger partial charge in [-0.1, -0.05) is 6.92 Å². The van der Waals surface area contributed by atoms with E-state index in [1.165, 1.54) is 12.2 Å². The summed E-state index contributed by atoms with van der Waals surface area (Å²) in [6, 6.07) is 8.26. The smallest absolute Gasteiger partial charge is 0.411 e. The van der Waals surface area contributed by atoms with Crippen LogP contribution in [0.1, 0.15) is 20.3 Å². The van der Waals surface area contributed by atoms with E-state index in [9.17, 15) is 4.79 Å². The standard InChI is InChI=1S/C14H20N2O2S/c1-3-18-14(17)16-12-6-4-11(5-7-12)15-13-8-9-19-10(13)2/h4-7,10,13,15H,3,8-9H2,1-2H3,(H,16,17). The third-order valence-electron chi connectivity index (χ3n) is 3.14. The van der Waals surface area contributed by atoms with Crippen LogP contribution in [0, 0.1) is 0 Å². The van der Waals surface area contributed by atoms with Crippen molar-refractivity contribution in [3.8, 4) is 0 Å². The van der Waals surface area contributed by atoms with Crippen LogP contribution in [0.5, 0.6) is 0 Å². The molecule has 0 bridgehead atoms. The second kappa shape index (κ2) is 6.70. The Kier molecular flexibility index (Phi) is 4.96. The maximum absolute atomic E-state index is 11.3. The molecule has 1 aromatic rings. The Morgan fingerprint density at radius 3 is 2.63 bits per heavy atom. The molecule has 0 aliphatic carbocycles. The van der Waals surface area contributed by atoms with Gasteiger partial charge in [-0.15, -0.1) is 0 Å². The largest absolute Gasteiger partial charge is 0.450 e. The number of carbonyl (C=O) groups excluding carboxylic acids is 1. The minimum absolute atomic E-state index is 0.378. The zero-order chi connectivity index (χ0) is 13.7. The van der Waals surface area contributed by atoms with Crippen molar-refractivity contribution in [1.82, 2.24) is 0 Å². The van der Waals surface area contributed by atoms with Crippen LogP contribution in [0.4, 0.5) is 16.2 Å². The van der Waals surface area contributed by atoms with E-state index >= 15 is 0 Å². The number of hydrogen-bond acceptors (Lipinski definition) is 4. The Balaban J connectivity index is 1.89. The molecule has 4 nitrogen and oxygen atoms in total. The highest BCUT2D eigenvalue weighted by atomic mass is 32.2. The summed E-state index contributed by atoms with van der Waals surface area (Å²) in [5, 5.41) is 6.86. The summed E-state index contributed by atoms with van der Waals surface area (Å²) in [6.07, 6.45) is 0.790. The molecule has 1 heterocycles. The lowest BCUT2D eigenvalue weighted by Crippen LogP contribution is -2.24. The summed E-state index contributed by atoms with van der Waals surface area (Å²) in [6.45, 7) is 4.42. The monoisotopic (exact) mass is 280 g/mol. The number of ether oxygens (including phenoxy) is 1. The molecule has 104 valence electrons. The van der Waals surface area contributed by atoms with E-state index in [0.29, 0.717) is 17.9 Å². The minimum Gasteiger partial charge on any atom is -0.450 e. The van der Waals surface area contributed by atoms with Gasteiger partial charge in [0.15, 0.2) is 0 Å². The number of nitrogens with one attached hydrogen (secondary N) is 2. The molecule has 1 fully saturated rings. The third-order valence-corrected chi connectivity index (χ3v) is 4.46. The van der Waals surface area contributed by atoms with Crippen LogP contribution in [0.15, 0.2) is 24.3 Å². The molecular weight excluding hydrogens is 260 g/mol. The molecule has 1 amide bonds. The number of carbonyl (C=O) groups is 1. The first-order valence-electron chi connectivity index (χ1n) is 6.61. The highest BCUT2D eigenvalue weighted by Gasteiger charge is 2.23. The zero-order valence-electron chi connectivity index (χ0n) is 11.3.